The second-order valence-electron chi connectivity index (χ2n) is 4.10. The van der Waals surface area contributed by atoms with Gasteiger partial charge in [-0.3, -0.25) is 4.79 Å². The van der Waals surface area contributed by atoms with E-state index >= 15 is 0 Å². The largest absolute Gasteiger partial charge is 0.465 e. The molecule has 0 spiro atoms. The molecule has 0 N–H and O–H groups in total. The van der Waals surface area contributed by atoms with Crippen LogP contribution in [-0.2, 0) is 19.6 Å². The fourth-order valence-corrected chi connectivity index (χ4v) is 3.12. The lowest BCUT2D eigenvalue weighted by Crippen LogP contribution is -2.37. The van der Waals surface area contributed by atoms with Crippen molar-refractivity contribution >= 4 is 16.0 Å². The van der Waals surface area contributed by atoms with Crippen molar-refractivity contribution in [1.29, 1.82) is 0 Å². The number of ether oxygens (including phenoxy) is 1. The fraction of sp³-hybridized carbons (Fsp3) is 0.462. The third-order valence-corrected chi connectivity index (χ3v) is 4.39. The Labute approximate surface area is 118 Å². The molecule has 0 aromatic heterocycles. The summed E-state index contributed by atoms with van der Waals surface area (Å²) in [5, 5.41) is 0. The number of nitrogens with zero attached hydrogens (tertiary/aromatic N) is 1. The van der Waals surface area contributed by atoms with Crippen LogP contribution in [0, 0.1) is 5.82 Å². The number of carbonyl (C=O) groups is 1. The Morgan fingerprint density at radius 3 is 2.35 bits per heavy atom. The van der Waals surface area contributed by atoms with Gasteiger partial charge in [-0.15, -0.1) is 0 Å². The second kappa shape index (κ2) is 7.35. The van der Waals surface area contributed by atoms with Crippen LogP contribution in [0.25, 0.3) is 0 Å². The van der Waals surface area contributed by atoms with Gasteiger partial charge in [0.05, 0.1) is 11.5 Å². The maximum absolute atomic E-state index is 12.9. The smallest absolute Gasteiger partial charge is 0.321 e. The van der Waals surface area contributed by atoms with Gasteiger partial charge >= 0.3 is 5.97 Å². The van der Waals surface area contributed by atoms with E-state index in [9.17, 15) is 17.6 Å². The lowest BCUT2D eigenvalue weighted by molar-refractivity contribution is -0.143. The molecule has 0 saturated heterocycles. The molecule has 1 aromatic carbocycles. The van der Waals surface area contributed by atoms with E-state index < -0.39 is 21.8 Å². The van der Waals surface area contributed by atoms with Crippen molar-refractivity contribution in [2.75, 3.05) is 19.7 Å². The monoisotopic (exact) mass is 303 g/mol. The van der Waals surface area contributed by atoms with Crippen LogP contribution in [0.2, 0.25) is 0 Å². The predicted molar refractivity (Wildman–Crippen MR) is 72.1 cm³/mol. The molecular formula is C13H18FNO4S. The van der Waals surface area contributed by atoms with Crippen molar-refractivity contribution < 1.29 is 22.3 Å². The summed E-state index contributed by atoms with van der Waals surface area (Å²) in [4.78, 5) is 11.4. The zero-order valence-electron chi connectivity index (χ0n) is 11.5. The molecule has 5 nitrogen and oxygen atoms in total. The lowest BCUT2D eigenvalue weighted by atomic mass is 10.4. The minimum atomic E-state index is -3.83. The number of rotatable bonds is 7. The van der Waals surface area contributed by atoms with Crippen LogP contribution in [0.1, 0.15) is 20.3 Å². The van der Waals surface area contributed by atoms with Gasteiger partial charge in [0.2, 0.25) is 10.0 Å². The van der Waals surface area contributed by atoms with E-state index in [1.165, 1.54) is 12.1 Å². The Balaban J connectivity index is 2.99. The lowest BCUT2D eigenvalue weighted by Gasteiger charge is -2.20. The van der Waals surface area contributed by atoms with E-state index in [0.717, 1.165) is 16.4 Å². The highest BCUT2D eigenvalue weighted by Crippen LogP contribution is 2.16. The number of halogens is 1. The standard InChI is InChI=1S/C13H18FNO4S/c1-3-9-15(10-13(16)19-4-2)20(17,18)12-7-5-11(14)6-8-12/h5-8H,3-4,9-10H2,1-2H3. The van der Waals surface area contributed by atoms with Crippen molar-refractivity contribution in [3.8, 4) is 0 Å². The van der Waals surface area contributed by atoms with E-state index in [1.54, 1.807) is 13.8 Å². The van der Waals surface area contributed by atoms with Crippen LogP contribution in [0.5, 0.6) is 0 Å². The predicted octanol–water partition coefficient (Wildman–Crippen LogP) is 1.79. The third kappa shape index (κ3) is 4.28. The molecule has 0 aliphatic rings. The van der Waals surface area contributed by atoms with Gasteiger partial charge in [-0.25, -0.2) is 12.8 Å². The SMILES string of the molecule is CCCN(CC(=O)OCC)S(=O)(=O)c1ccc(F)cc1. The molecule has 0 bridgehead atoms. The van der Waals surface area contributed by atoms with Gasteiger partial charge in [-0.1, -0.05) is 6.92 Å². The molecule has 0 saturated carbocycles. The Hall–Kier alpha value is -1.47. The zero-order chi connectivity index (χ0) is 15.2. The van der Waals surface area contributed by atoms with Gasteiger partial charge in [0.25, 0.3) is 0 Å². The van der Waals surface area contributed by atoms with Gasteiger partial charge in [0.15, 0.2) is 0 Å². The van der Waals surface area contributed by atoms with Crippen molar-refractivity contribution in [3.63, 3.8) is 0 Å². The van der Waals surface area contributed by atoms with Crippen LogP contribution in [0.15, 0.2) is 29.2 Å². The Bertz CT molecular complexity index is 542. The highest BCUT2D eigenvalue weighted by molar-refractivity contribution is 7.89. The number of benzene rings is 1. The number of sulfonamides is 1. The maximum atomic E-state index is 12.9. The normalized spacial score (nSPS) is 11.6. The fourth-order valence-electron chi connectivity index (χ4n) is 1.64. The highest BCUT2D eigenvalue weighted by Gasteiger charge is 2.26. The summed E-state index contributed by atoms with van der Waals surface area (Å²) in [6.45, 7) is 3.49. The van der Waals surface area contributed by atoms with Crippen LogP contribution in [-0.4, -0.2) is 38.4 Å². The Morgan fingerprint density at radius 1 is 1.25 bits per heavy atom. The first-order chi connectivity index (χ1) is 9.41. The first-order valence-corrected chi connectivity index (χ1v) is 7.77. The number of hydrogen-bond donors (Lipinski definition) is 0. The summed E-state index contributed by atoms with van der Waals surface area (Å²) in [5.74, 6) is -1.12. The zero-order valence-corrected chi connectivity index (χ0v) is 12.3. The average Bonchev–Trinajstić information content (AvgIpc) is 2.39. The molecule has 1 aromatic rings. The van der Waals surface area contributed by atoms with E-state index in [-0.39, 0.29) is 24.6 Å². The molecule has 0 unspecified atom stereocenters. The molecule has 0 heterocycles. The Morgan fingerprint density at radius 2 is 1.85 bits per heavy atom. The number of esters is 1. The molecule has 0 atom stereocenters. The third-order valence-electron chi connectivity index (χ3n) is 2.54. The van der Waals surface area contributed by atoms with E-state index in [4.69, 9.17) is 4.74 Å². The molecule has 0 aliphatic carbocycles. The molecule has 1 rings (SSSR count). The van der Waals surface area contributed by atoms with Gasteiger partial charge in [0, 0.05) is 6.54 Å². The van der Waals surface area contributed by atoms with Crippen molar-refractivity contribution in [2.45, 2.75) is 25.2 Å². The summed E-state index contributed by atoms with van der Waals surface area (Å²) < 4.78 is 43.4. The van der Waals surface area contributed by atoms with Crippen LogP contribution in [0.3, 0.4) is 0 Å². The van der Waals surface area contributed by atoms with Gasteiger partial charge < -0.3 is 4.74 Å². The van der Waals surface area contributed by atoms with Gasteiger partial charge in [-0.05, 0) is 37.6 Å². The van der Waals surface area contributed by atoms with E-state index in [0.29, 0.717) is 6.42 Å². The quantitative estimate of drug-likeness (QED) is 0.720. The van der Waals surface area contributed by atoms with Gasteiger partial charge in [0.1, 0.15) is 12.4 Å². The van der Waals surface area contributed by atoms with Crippen LogP contribution >= 0.6 is 0 Å². The first kappa shape index (κ1) is 16.6. The van der Waals surface area contributed by atoms with E-state index in [2.05, 4.69) is 0 Å². The molecular weight excluding hydrogens is 285 g/mol. The summed E-state index contributed by atoms with van der Waals surface area (Å²) in [7, 11) is -3.83. The molecule has 112 valence electrons. The molecule has 20 heavy (non-hydrogen) atoms. The molecule has 0 aliphatic heterocycles. The Kier molecular flexibility index (Phi) is 6.09. The topological polar surface area (TPSA) is 63.7 Å². The van der Waals surface area contributed by atoms with Crippen LogP contribution < -0.4 is 0 Å². The molecule has 0 radical (unpaired) electrons. The molecule has 0 fully saturated rings. The van der Waals surface area contributed by atoms with Crippen molar-refractivity contribution in [1.82, 2.24) is 4.31 Å². The second-order valence-corrected chi connectivity index (χ2v) is 6.04. The summed E-state index contributed by atoms with van der Waals surface area (Å²) in [6.07, 6.45) is 0.555. The number of hydrogen-bond acceptors (Lipinski definition) is 4. The highest BCUT2D eigenvalue weighted by atomic mass is 32.2. The van der Waals surface area contributed by atoms with Crippen molar-refractivity contribution in [3.05, 3.63) is 30.1 Å². The first-order valence-electron chi connectivity index (χ1n) is 6.33. The summed E-state index contributed by atoms with van der Waals surface area (Å²) in [6, 6.07) is 4.50. The maximum Gasteiger partial charge on any atom is 0.321 e. The minimum Gasteiger partial charge on any atom is -0.465 e. The van der Waals surface area contributed by atoms with Crippen molar-refractivity contribution in [2.24, 2.45) is 0 Å². The molecule has 0 amide bonds. The number of carbonyl (C=O) groups excluding carboxylic acids is 1. The van der Waals surface area contributed by atoms with Crippen LogP contribution in [0.4, 0.5) is 4.39 Å². The summed E-state index contributed by atoms with van der Waals surface area (Å²) >= 11 is 0. The minimum absolute atomic E-state index is 0.0448. The average molecular weight is 303 g/mol. The molecule has 7 heteroatoms. The summed E-state index contributed by atoms with van der Waals surface area (Å²) in [5.41, 5.74) is 0. The van der Waals surface area contributed by atoms with Gasteiger partial charge in [-0.2, -0.15) is 4.31 Å². The van der Waals surface area contributed by atoms with E-state index in [1.807, 2.05) is 0 Å².